The fourth-order valence-corrected chi connectivity index (χ4v) is 4.15. The molecule has 170 valence electrons. The summed E-state index contributed by atoms with van der Waals surface area (Å²) in [6.45, 7) is 5.32. The number of methoxy groups -OCH3 is 2. The monoisotopic (exact) mass is 444 g/mol. The quantitative estimate of drug-likeness (QED) is 0.410. The molecule has 7 heteroatoms. The van der Waals surface area contributed by atoms with Gasteiger partial charge >= 0.3 is 5.97 Å². The number of pyridine rings is 1. The number of carbonyl (C=O) groups is 1. The van der Waals surface area contributed by atoms with Gasteiger partial charge in [0, 0.05) is 30.4 Å². The molecule has 0 spiro atoms. The summed E-state index contributed by atoms with van der Waals surface area (Å²) < 4.78 is 12.5. The van der Waals surface area contributed by atoms with E-state index in [9.17, 15) is 4.79 Å². The molecular weight excluding hydrogens is 416 g/mol. The second-order valence-corrected chi connectivity index (χ2v) is 7.95. The fraction of sp³-hybridized carbons (Fsp3) is 0.269. The lowest BCUT2D eigenvalue weighted by Crippen LogP contribution is -2.26. The minimum absolute atomic E-state index is 0.00725. The van der Waals surface area contributed by atoms with Crippen molar-refractivity contribution in [3.63, 3.8) is 0 Å². The highest BCUT2D eigenvalue weighted by Crippen LogP contribution is 2.26. The first kappa shape index (κ1) is 22.5. The van der Waals surface area contributed by atoms with Crippen molar-refractivity contribution < 1.29 is 14.3 Å². The van der Waals surface area contributed by atoms with Crippen molar-refractivity contribution in [3.05, 3.63) is 89.0 Å². The first-order valence-corrected chi connectivity index (χ1v) is 10.8. The largest absolute Gasteiger partial charge is 0.496 e. The number of aryl methyl sites for hydroxylation is 1. The van der Waals surface area contributed by atoms with Crippen molar-refractivity contribution in [3.8, 4) is 5.75 Å². The summed E-state index contributed by atoms with van der Waals surface area (Å²) in [5, 5.41) is 3.56. The lowest BCUT2D eigenvalue weighted by atomic mass is 10.1. The molecule has 0 saturated heterocycles. The summed E-state index contributed by atoms with van der Waals surface area (Å²) in [5.41, 5.74) is 6.38. The van der Waals surface area contributed by atoms with E-state index in [0.29, 0.717) is 18.7 Å². The number of benzene rings is 2. The zero-order valence-corrected chi connectivity index (χ0v) is 19.3. The lowest BCUT2D eigenvalue weighted by Gasteiger charge is -2.21. The molecule has 0 aliphatic heterocycles. The molecule has 0 aliphatic rings. The van der Waals surface area contributed by atoms with Crippen LogP contribution in [0.15, 0.2) is 61.1 Å². The van der Waals surface area contributed by atoms with Crippen LogP contribution >= 0.6 is 0 Å². The molecule has 0 amide bonds. The SMILES string of the molecule is COC(=O)c1ccc2c(c1)ncn2C(CNCc1ncc(C)c(OC)c1C)c1ccccc1. The van der Waals surface area contributed by atoms with Gasteiger partial charge in [-0.1, -0.05) is 30.3 Å². The van der Waals surface area contributed by atoms with Gasteiger partial charge in [-0.3, -0.25) is 4.98 Å². The normalized spacial score (nSPS) is 12.0. The van der Waals surface area contributed by atoms with Crippen LogP contribution in [0.2, 0.25) is 0 Å². The number of aromatic nitrogens is 3. The zero-order valence-electron chi connectivity index (χ0n) is 19.3. The van der Waals surface area contributed by atoms with E-state index in [1.165, 1.54) is 7.11 Å². The number of rotatable bonds is 8. The number of hydrogen-bond donors (Lipinski definition) is 1. The molecule has 7 nitrogen and oxygen atoms in total. The van der Waals surface area contributed by atoms with E-state index in [2.05, 4.69) is 32.0 Å². The van der Waals surface area contributed by atoms with Gasteiger partial charge in [-0.2, -0.15) is 0 Å². The van der Waals surface area contributed by atoms with Crippen LogP contribution in [0.1, 0.15) is 38.8 Å². The number of imidazole rings is 1. The number of ether oxygens (including phenoxy) is 2. The molecule has 0 bridgehead atoms. The number of nitrogens with zero attached hydrogens (tertiary/aromatic N) is 3. The summed E-state index contributed by atoms with van der Waals surface area (Å²) in [6.07, 6.45) is 3.67. The van der Waals surface area contributed by atoms with Gasteiger partial charge in [-0.15, -0.1) is 0 Å². The molecule has 2 aromatic heterocycles. The molecule has 4 rings (SSSR count). The Bertz CT molecular complexity index is 1270. The number of hydrogen-bond acceptors (Lipinski definition) is 6. The van der Waals surface area contributed by atoms with Crippen LogP contribution in [0.25, 0.3) is 11.0 Å². The minimum atomic E-state index is -0.371. The minimum Gasteiger partial charge on any atom is -0.496 e. The standard InChI is InChI=1S/C26H28N4O3/c1-17-13-28-22(18(2)25(17)32-3)14-27-15-24(19-8-6-5-7-9-19)30-16-29-21-12-20(26(31)33-4)10-11-23(21)30/h5-13,16,24,27H,14-15H2,1-4H3. The van der Waals surface area contributed by atoms with Crippen LogP contribution < -0.4 is 10.1 Å². The Labute approximate surface area is 193 Å². The maximum absolute atomic E-state index is 11.9. The molecule has 2 aromatic carbocycles. The van der Waals surface area contributed by atoms with Crippen molar-refractivity contribution in [2.24, 2.45) is 0 Å². The predicted octanol–water partition coefficient (Wildman–Crippen LogP) is 4.22. The maximum atomic E-state index is 11.9. The van der Waals surface area contributed by atoms with Gasteiger partial charge in [-0.25, -0.2) is 9.78 Å². The van der Waals surface area contributed by atoms with Gasteiger partial charge < -0.3 is 19.4 Å². The van der Waals surface area contributed by atoms with Crippen LogP contribution in [-0.2, 0) is 11.3 Å². The van der Waals surface area contributed by atoms with Crippen molar-refractivity contribution in [2.75, 3.05) is 20.8 Å². The highest BCUT2D eigenvalue weighted by atomic mass is 16.5. The summed E-state index contributed by atoms with van der Waals surface area (Å²) in [4.78, 5) is 21.1. The summed E-state index contributed by atoms with van der Waals surface area (Å²) in [5.74, 6) is 0.507. The topological polar surface area (TPSA) is 78.3 Å². The highest BCUT2D eigenvalue weighted by molar-refractivity contribution is 5.93. The average Bonchev–Trinajstić information content (AvgIpc) is 3.26. The van der Waals surface area contributed by atoms with Crippen molar-refractivity contribution in [1.29, 1.82) is 0 Å². The number of carbonyl (C=O) groups excluding carboxylic acids is 1. The summed E-state index contributed by atoms with van der Waals surface area (Å²) >= 11 is 0. The molecule has 4 aromatic rings. The van der Waals surface area contributed by atoms with Gasteiger partial charge in [0.2, 0.25) is 0 Å². The van der Waals surface area contributed by atoms with Crippen LogP contribution in [-0.4, -0.2) is 41.3 Å². The van der Waals surface area contributed by atoms with Gasteiger partial charge in [0.05, 0.1) is 48.9 Å². The molecule has 1 unspecified atom stereocenters. The maximum Gasteiger partial charge on any atom is 0.337 e. The van der Waals surface area contributed by atoms with Crippen LogP contribution in [0.5, 0.6) is 5.75 Å². The highest BCUT2D eigenvalue weighted by Gasteiger charge is 2.18. The Kier molecular flexibility index (Phi) is 6.70. The van der Waals surface area contributed by atoms with E-state index in [1.807, 2.05) is 50.6 Å². The Hall–Kier alpha value is -3.71. The van der Waals surface area contributed by atoms with E-state index in [4.69, 9.17) is 9.47 Å². The van der Waals surface area contributed by atoms with Crippen molar-refractivity contribution >= 4 is 17.0 Å². The van der Waals surface area contributed by atoms with E-state index >= 15 is 0 Å². The Morgan fingerprint density at radius 3 is 2.61 bits per heavy atom. The first-order valence-electron chi connectivity index (χ1n) is 10.8. The third kappa shape index (κ3) is 4.59. The molecule has 2 heterocycles. The number of fused-ring (bicyclic) bond motifs is 1. The zero-order chi connectivity index (χ0) is 23.4. The van der Waals surface area contributed by atoms with Crippen LogP contribution in [0.3, 0.4) is 0 Å². The fourth-order valence-electron chi connectivity index (χ4n) is 4.15. The van der Waals surface area contributed by atoms with Gasteiger partial charge in [0.1, 0.15) is 5.75 Å². The van der Waals surface area contributed by atoms with E-state index in [0.717, 1.165) is 39.2 Å². The average molecular weight is 445 g/mol. The molecule has 0 aliphatic carbocycles. The smallest absolute Gasteiger partial charge is 0.337 e. The van der Waals surface area contributed by atoms with Gasteiger partial charge in [0.25, 0.3) is 0 Å². The first-order chi connectivity index (χ1) is 16.0. The third-order valence-corrected chi connectivity index (χ3v) is 5.90. The molecule has 0 fully saturated rings. The Morgan fingerprint density at radius 1 is 1.09 bits per heavy atom. The van der Waals surface area contributed by atoms with Gasteiger partial charge in [-0.05, 0) is 37.6 Å². The molecule has 1 N–H and O–H groups in total. The van der Waals surface area contributed by atoms with E-state index < -0.39 is 0 Å². The molecular formula is C26H28N4O3. The Morgan fingerprint density at radius 2 is 1.88 bits per heavy atom. The molecule has 1 atom stereocenters. The van der Waals surface area contributed by atoms with Gasteiger partial charge in [0.15, 0.2) is 0 Å². The van der Waals surface area contributed by atoms with Crippen LogP contribution in [0, 0.1) is 13.8 Å². The molecule has 0 saturated carbocycles. The van der Waals surface area contributed by atoms with Crippen molar-refractivity contribution in [1.82, 2.24) is 19.9 Å². The predicted molar refractivity (Wildman–Crippen MR) is 128 cm³/mol. The molecule has 33 heavy (non-hydrogen) atoms. The second kappa shape index (κ2) is 9.83. The van der Waals surface area contributed by atoms with Crippen molar-refractivity contribution in [2.45, 2.75) is 26.4 Å². The van der Waals surface area contributed by atoms with E-state index in [-0.39, 0.29) is 12.0 Å². The lowest BCUT2D eigenvalue weighted by molar-refractivity contribution is 0.0601. The van der Waals surface area contributed by atoms with E-state index in [1.54, 1.807) is 19.2 Å². The number of esters is 1. The number of nitrogens with one attached hydrogen (secondary N) is 1. The van der Waals surface area contributed by atoms with Crippen LogP contribution in [0.4, 0.5) is 0 Å². The second-order valence-electron chi connectivity index (χ2n) is 7.95. The molecule has 0 radical (unpaired) electrons. The third-order valence-electron chi connectivity index (χ3n) is 5.90. The Balaban J connectivity index is 1.62. The summed E-state index contributed by atoms with van der Waals surface area (Å²) in [7, 11) is 3.07. The summed E-state index contributed by atoms with van der Waals surface area (Å²) in [6, 6.07) is 15.8.